The van der Waals surface area contributed by atoms with Gasteiger partial charge in [-0.3, -0.25) is 23.9 Å². The molecule has 59 heavy (non-hydrogen) atoms. The number of imidazole rings is 1. The topological polar surface area (TPSA) is 139 Å². The summed E-state index contributed by atoms with van der Waals surface area (Å²) in [5.41, 5.74) is 1.29. The Labute approximate surface area is 344 Å². The molecule has 1 aliphatic rings. The molecule has 17 heteroatoms. The third kappa shape index (κ3) is 9.66. The molecule has 0 radical (unpaired) electrons. The molecule has 3 heterocycles. The van der Waals surface area contributed by atoms with Gasteiger partial charge in [-0.1, -0.05) is 30.7 Å². The van der Waals surface area contributed by atoms with E-state index in [1.807, 2.05) is 11.8 Å². The number of aryl methyl sites for hydroxylation is 1. The Morgan fingerprint density at radius 2 is 1.56 bits per heavy atom. The first-order valence-electron chi connectivity index (χ1n) is 19.2. The fraction of sp³-hybridized carbons (Fsp3) is 0.333. The molecular formula is C42H46ClF3N9O4+. The number of hydrogen-bond donors (Lipinski definition) is 3. The molecule has 5 aromatic rings. The van der Waals surface area contributed by atoms with Crippen LogP contribution in [0.25, 0.3) is 22.4 Å². The van der Waals surface area contributed by atoms with E-state index in [0.717, 1.165) is 19.4 Å². The van der Waals surface area contributed by atoms with Crippen LogP contribution in [0.1, 0.15) is 46.4 Å². The van der Waals surface area contributed by atoms with Gasteiger partial charge in [0.2, 0.25) is 11.8 Å². The van der Waals surface area contributed by atoms with E-state index in [4.69, 9.17) is 11.6 Å². The van der Waals surface area contributed by atoms with Gasteiger partial charge in [0.05, 0.1) is 48.8 Å². The number of piperazine rings is 1. The quantitative estimate of drug-likeness (QED) is 0.152. The maximum Gasteiger partial charge on any atom is 0.291 e. The van der Waals surface area contributed by atoms with E-state index < -0.39 is 29.3 Å². The molecule has 3 N–H and O–H groups in total. The van der Waals surface area contributed by atoms with Crippen molar-refractivity contribution in [3.63, 3.8) is 0 Å². The summed E-state index contributed by atoms with van der Waals surface area (Å²) in [6, 6.07) is 12.6. The van der Waals surface area contributed by atoms with Crippen LogP contribution < -0.4 is 15.5 Å². The summed E-state index contributed by atoms with van der Waals surface area (Å²) in [5.74, 6) is -4.32. The average molecular weight is 833 g/mol. The van der Waals surface area contributed by atoms with Crippen molar-refractivity contribution in [2.75, 3.05) is 57.5 Å². The van der Waals surface area contributed by atoms with Crippen molar-refractivity contribution in [2.45, 2.75) is 33.2 Å². The van der Waals surface area contributed by atoms with E-state index in [2.05, 4.69) is 34.8 Å². The first-order valence-corrected chi connectivity index (χ1v) is 19.6. The first-order chi connectivity index (χ1) is 28.1. The van der Waals surface area contributed by atoms with E-state index in [-0.39, 0.29) is 74.4 Å². The highest BCUT2D eigenvalue weighted by Crippen LogP contribution is 2.33. The molecule has 0 aliphatic carbocycles. The van der Waals surface area contributed by atoms with Crippen molar-refractivity contribution in [1.82, 2.24) is 29.1 Å². The lowest BCUT2D eigenvalue weighted by atomic mass is 10.00. The van der Waals surface area contributed by atoms with Crippen LogP contribution in [0.2, 0.25) is 5.02 Å². The number of anilines is 2. The number of aromatic nitrogens is 4. The number of carbonyl (C=O) groups is 4. The summed E-state index contributed by atoms with van der Waals surface area (Å²) in [5, 5.41) is 9.65. The lowest BCUT2D eigenvalue weighted by Gasteiger charge is -2.36. The van der Waals surface area contributed by atoms with Crippen molar-refractivity contribution in [1.29, 1.82) is 0 Å². The highest BCUT2D eigenvalue weighted by molar-refractivity contribution is 6.34. The number of rotatable bonds is 13. The summed E-state index contributed by atoms with van der Waals surface area (Å²) in [6.07, 6.45) is 4.25. The Morgan fingerprint density at radius 1 is 0.881 bits per heavy atom. The van der Waals surface area contributed by atoms with Gasteiger partial charge in [0.1, 0.15) is 12.4 Å². The molecule has 6 rings (SSSR count). The maximum absolute atomic E-state index is 15.7. The molecule has 0 spiro atoms. The van der Waals surface area contributed by atoms with Gasteiger partial charge in [-0.15, -0.1) is 0 Å². The summed E-state index contributed by atoms with van der Waals surface area (Å²) in [4.78, 5) is 61.4. The number of carbonyl (C=O) groups excluding carboxylic acids is 4. The highest BCUT2D eigenvalue weighted by atomic mass is 35.5. The van der Waals surface area contributed by atoms with Gasteiger partial charge in [-0.05, 0) is 55.8 Å². The van der Waals surface area contributed by atoms with Crippen LogP contribution in [0.3, 0.4) is 0 Å². The van der Waals surface area contributed by atoms with Gasteiger partial charge in [0, 0.05) is 79.8 Å². The normalized spacial score (nSPS) is 13.5. The Balaban J connectivity index is 1.08. The number of halogens is 4. The predicted octanol–water partition coefficient (Wildman–Crippen LogP) is 5.07. The Hall–Kier alpha value is -6.00. The Kier molecular flexibility index (Phi) is 13.2. The monoisotopic (exact) mass is 832 g/mol. The minimum atomic E-state index is -1.18. The second kappa shape index (κ2) is 18.3. The fourth-order valence-corrected chi connectivity index (χ4v) is 7.34. The molecular weight excluding hydrogens is 787 g/mol. The van der Waals surface area contributed by atoms with E-state index in [1.165, 1.54) is 88.2 Å². The van der Waals surface area contributed by atoms with Crippen LogP contribution >= 0.6 is 11.6 Å². The molecule has 0 saturated carbocycles. The zero-order valence-corrected chi connectivity index (χ0v) is 34.2. The van der Waals surface area contributed by atoms with Crippen molar-refractivity contribution < 1.29 is 37.2 Å². The van der Waals surface area contributed by atoms with E-state index in [0.29, 0.717) is 31.9 Å². The van der Waals surface area contributed by atoms with Crippen LogP contribution in [0.4, 0.5) is 24.5 Å². The molecule has 13 nitrogen and oxygen atoms in total. The third-order valence-corrected chi connectivity index (χ3v) is 10.7. The summed E-state index contributed by atoms with van der Waals surface area (Å²) >= 11 is 6.55. The van der Waals surface area contributed by atoms with Gasteiger partial charge in [-0.2, -0.15) is 5.10 Å². The number of hydrogen-bond acceptors (Lipinski definition) is 6. The zero-order chi connectivity index (χ0) is 42.5. The van der Waals surface area contributed by atoms with E-state index in [1.54, 1.807) is 11.8 Å². The van der Waals surface area contributed by atoms with Crippen LogP contribution in [0.5, 0.6) is 0 Å². The molecule has 3 aromatic carbocycles. The minimum Gasteiger partial charge on any atom is -0.340 e. The Bertz CT molecular complexity index is 2390. The van der Waals surface area contributed by atoms with Crippen molar-refractivity contribution in [2.24, 2.45) is 13.0 Å². The zero-order valence-electron chi connectivity index (χ0n) is 33.4. The van der Waals surface area contributed by atoms with Gasteiger partial charge >= 0.3 is 0 Å². The number of quaternary nitrogens is 1. The molecule has 4 amide bonds. The standard InChI is InChI=1S/C42H45ClF3N9O4/c1-6-26(14-15-51(3)4)41(58)53-16-18-54(19-17-53)42(59)31-11-10-29(21-34(31)43)49-40(57)39-47-22-35(52(39)5)32-13-12-30(37(45)38(32)46)33-23-55(50-25(33)2)24-36(56)48-28-9-7-8-27(44)20-28/h7-13,20-23,26H,6,14-19,24H2,1-5H3,(H,48,56)(H,49,57)/p+1. The highest BCUT2D eigenvalue weighted by Gasteiger charge is 2.30. The Morgan fingerprint density at radius 3 is 2.24 bits per heavy atom. The maximum atomic E-state index is 15.7. The van der Waals surface area contributed by atoms with Gasteiger partial charge in [0.15, 0.2) is 17.5 Å². The molecule has 1 atom stereocenters. The first kappa shape index (κ1) is 42.6. The van der Waals surface area contributed by atoms with Gasteiger partial charge in [-0.25, -0.2) is 18.2 Å². The van der Waals surface area contributed by atoms with Crippen molar-refractivity contribution in [3.05, 3.63) is 107 Å². The SMILES string of the molecule is CCC(CC[NH+](C)C)C(=O)N1CCN(C(=O)c2ccc(NC(=O)c3ncc(-c4ccc(-c5cn(CC(=O)Nc6cccc(F)c6)nc5C)c(F)c4F)n3C)cc2Cl)CC1. The number of benzene rings is 3. The third-order valence-electron chi connectivity index (χ3n) is 10.4. The molecule has 1 aliphatic heterocycles. The lowest BCUT2D eigenvalue weighted by Crippen LogP contribution is -3.05. The lowest BCUT2D eigenvalue weighted by molar-refractivity contribution is -0.858. The molecule has 310 valence electrons. The average Bonchev–Trinajstić information content (AvgIpc) is 3.76. The van der Waals surface area contributed by atoms with Crippen LogP contribution in [-0.4, -0.2) is 99.6 Å². The molecule has 1 fully saturated rings. The number of nitrogens with zero attached hydrogens (tertiary/aromatic N) is 6. The molecule has 1 unspecified atom stereocenters. The molecule has 0 bridgehead atoms. The molecule has 2 aromatic heterocycles. The second-order valence-corrected chi connectivity index (χ2v) is 15.2. The minimum absolute atomic E-state index is 0.0447. The fourth-order valence-electron chi connectivity index (χ4n) is 7.08. The summed E-state index contributed by atoms with van der Waals surface area (Å²) in [7, 11) is 5.61. The van der Waals surface area contributed by atoms with Crippen LogP contribution in [-0.2, 0) is 23.2 Å². The summed E-state index contributed by atoms with van der Waals surface area (Å²) in [6.45, 7) is 5.86. The number of amides is 4. The molecule has 1 saturated heterocycles. The van der Waals surface area contributed by atoms with Crippen molar-refractivity contribution in [3.8, 4) is 22.4 Å². The van der Waals surface area contributed by atoms with Crippen molar-refractivity contribution >= 4 is 46.6 Å². The summed E-state index contributed by atoms with van der Waals surface area (Å²) < 4.78 is 47.5. The van der Waals surface area contributed by atoms with Crippen LogP contribution in [0.15, 0.2) is 67.0 Å². The van der Waals surface area contributed by atoms with E-state index >= 15 is 8.78 Å². The second-order valence-electron chi connectivity index (χ2n) is 14.8. The predicted molar refractivity (Wildman–Crippen MR) is 218 cm³/mol. The largest absolute Gasteiger partial charge is 0.340 e. The smallest absolute Gasteiger partial charge is 0.291 e. The van der Waals surface area contributed by atoms with Gasteiger partial charge < -0.3 is 29.9 Å². The van der Waals surface area contributed by atoms with Gasteiger partial charge in [0.25, 0.3) is 11.8 Å². The number of nitrogens with one attached hydrogen (secondary N) is 3. The van der Waals surface area contributed by atoms with Crippen LogP contribution in [0, 0.1) is 30.3 Å². The van der Waals surface area contributed by atoms with E-state index in [9.17, 15) is 23.6 Å².